The molecule has 0 aromatic heterocycles. The molecule has 0 fully saturated rings. The van der Waals surface area contributed by atoms with E-state index in [-0.39, 0.29) is 5.91 Å². The highest BCUT2D eigenvalue weighted by Crippen LogP contribution is 2.16. The highest BCUT2D eigenvalue weighted by atomic mass is 16.5. The van der Waals surface area contributed by atoms with Crippen LogP contribution in [0.5, 0.6) is 0 Å². The van der Waals surface area contributed by atoms with E-state index in [1.54, 1.807) is 19.1 Å². The average Bonchev–Trinajstić information content (AvgIpc) is 2.45. The zero-order chi connectivity index (χ0) is 14.3. The van der Waals surface area contributed by atoms with Crippen LogP contribution in [0.15, 0.2) is 30.3 Å². The summed E-state index contributed by atoms with van der Waals surface area (Å²) in [7, 11) is 2.75. The van der Waals surface area contributed by atoms with Gasteiger partial charge in [0, 0.05) is 7.11 Å². The van der Waals surface area contributed by atoms with Gasteiger partial charge in [-0.15, -0.1) is 0 Å². The number of carbonyl (C=O) groups excluding carboxylic acids is 2. The fourth-order valence-corrected chi connectivity index (χ4v) is 1.74. The maximum atomic E-state index is 12.1. The van der Waals surface area contributed by atoms with Crippen molar-refractivity contribution in [3.05, 3.63) is 35.9 Å². The highest BCUT2D eigenvalue weighted by molar-refractivity contribution is 5.87. The Morgan fingerprint density at radius 3 is 2.32 bits per heavy atom. The average molecular weight is 265 g/mol. The largest absolute Gasteiger partial charge is 0.467 e. The van der Waals surface area contributed by atoms with Crippen molar-refractivity contribution in [1.29, 1.82) is 0 Å². The zero-order valence-electron chi connectivity index (χ0n) is 11.4. The fourth-order valence-electron chi connectivity index (χ4n) is 1.74. The molecule has 0 aliphatic rings. The van der Waals surface area contributed by atoms with Crippen LogP contribution < -0.4 is 5.32 Å². The molecule has 0 spiro atoms. The molecule has 1 amide bonds. The van der Waals surface area contributed by atoms with E-state index in [2.05, 4.69) is 10.1 Å². The van der Waals surface area contributed by atoms with Crippen molar-refractivity contribution in [1.82, 2.24) is 5.32 Å². The minimum atomic E-state index is -0.736. The molecule has 1 N–H and O–H groups in total. The van der Waals surface area contributed by atoms with Crippen LogP contribution in [0.25, 0.3) is 0 Å². The first-order valence-corrected chi connectivity index (χ1v) is 6.10. The van der Waals surface area contributed by atoms with Crippen LogP contribution >= 0.6 is 0 Å². The van der Waals surface area contributed by atoms with Crippen molar-refractivity contribution in [3.8, 4) is 0 Å². The highest BCUT2D eigenvalue weighted by Gasteiger charge is 2.25. The van der Waals surface area contributed by atoms with Gasteiger partial charge < -0.3 is 14.8 Å². The second-order valence-electron chi connectivity index (χ2n) is 4.02. The van der Waals surface area contributed by atoms with Gasteiger partial charge in [-0.05, 0) is 12.0 Å². The topological polar surface area (TPSA) is 64.6 Å². The molecule has 1 rings (SSSR count). The van der Waals surface area contributed by atoms with E-state index in [0.29, 0.717) is 6.42 Å². The molecule has 0 aliphatic carbocycles. The fraction of sp³-hybridized carbons (Fsp3) is 0.429. The van der Waals surface area contributed by atoms with Crippen LogP contribution in [-0.2, 0) is 19.1 Å². The van der Waals surface area contributed by atoms with Gasteiger partial charge in [0.25, 0.3) is 5.91 Å². The standard InChI is InChI=1S/C14H19NO4/c1-4-11(14(17)19-3)15-13(16)12(18-2)10-8-6-5-7-9-10/h5-9,11-12H,4H2,1-3H3,(H,15,16)/t11-,12+/m0/s1. The molecule has 0 aliphatic heterocycles. The number of methoxy groups -OCH3 is 2. The summed E-state index contributed by atoms with van der Waals surface area (Å²) in [4.78, 5) is 23.6. The van der Waals surface area contributed by atoms with E-state index < -0.39 is 18.1 Å². The van der Waals surface area contributed by atoms with Gasteiger partial charge in [-0.2, -0.15) is 0 Å². The Balaban J connectivity index is 2.77. The van der Waals surface area contributed by atoms with Gasteiger partial charge in [0.2, 0.25) is 0 Å². The lowest BCUT2D eigenvalue weighted by molar-refractivity contribution is -0.146. The summed E-state index contributed by atoms with van der Waals surface area (Å²) in [5.74, 6) is -0.815. The Morgan fingerprint density at radius 2 is 1.84 bits per heavy atom. The number of hydrogen-bond donors (Lipinski definition) is 1. The molecule has 5 heteroatoms. The Labute approximate surface area is 112 Å². The Bertz CT molecular complexity index is 419. The monoisotopic (exact) mass is 265 g/mol. The van der Waals surface area contributed by atoms with E-state index >= 15 is 0 Å². The molecule has 0 unspecified atom stereocenters. The first-order valence-electron chi connectivity index (χ1n) is 6.10. The number of carbonyl (C=O) groups is 2. The molecular weight excluding hydrogens is 246 g/mol. The minimum Gasteiger partial charge on any atom is -0.467 e. The molecule has 19 heavy (non-hydrogen) atoms. The lowest BCUT2D eigenvalue weighted by Gasteiger charge is -2.19. The van der Waals surface area contributed by atoms with Crippen LogP contribution in [0.3, 0.4) is 0 Å². The van der Waals surface area contributed by atoms with Gasteiger partial charge >= 0.3 is 5.97 Å². The molecule has 1 aromatic rings. The predicted octanol–water partition coefficient (Wildman–Crippen LogP) is 1.44. The molecule has 0 saturated carbocycles. The minimum absolute atomic E-state index is 0.356. The Hall–Kier alpha value is -1.88. The van der Waals surface area contributed by atoms with Crippen LogP contribution in [0.2, 0.25) is 0 Å². The number of rotatable bonds is 6. The van der Waals surface area contributed by atoms with Crippen LogP contribution in [-0.4, -0.2) is 32.1 Å². The summed E-state index contributed by atoms with van der Waals surface area (Å²) in [6.45, 7) is 1.80. The van der Waals surface area contributed by atoms with Gasteiger partial charge in [-0.3, -0.25) is 4.79 Å². The normalized spacial score (nSPS) is 13.4. The number of nitrogens with one attached hydrogen (secondary N) is 1. The van der Waals surface area contributed by atoms with Gasteiger partial charge in [0.1, 0.15) is 6.04 Å². The third kappa shape index (κ3) is 4.06. The van der Waals surface area contributed by atoms with Gasteiger partial charge in [-0.1, -0.05) is 37.3 Å². The third-order valence-electron chi connectivity index (χ3n) is 2.79. The van der Waals surface area contributed by atoms with Crippen molar-refractivity contribution < 1.29 is 19.1 Å². The molecule has 5 nitrogen and oxygen atoms in total. The second-order valence-corrected chi connectivity index (χ2v) is 4.02. The quantitative estimate of drug-likeness (QED) is 0.790. The SMILES string of the molecule is CC[C@H](NC(=O)[C@H](OC)c1ccccc1)C(=O)OC. The van der Waals surface area contributed by atoms with E-state index in [1.807, 2.05) is 18.2 Å². The number of benzene rings is 1. The van der Waals surface area contributed by atoms with Gasteiger partial charge in [-0.25, -0.2) is 4.79 Å². The van der Waals surface area contributed by atoms with Crippen molar-refractivity contribution in [2.24, 2.45) is 0 Å². The summed E-state index contributed by atoms with van der Waals surface area (Å²) in [5, 5.41) is 2.63. The predicted molar refractivity (Wildman–Crippen MR) is 70.4 cm³/mol. The number of ether oxygens (including phenoxy) is 2. The van der Waals surface area contributed by atoms with Crippen molar-refractivity contribution in [2.75, 3.05) is 14.2 Å². The van der Waals surface area contributed by atoms with E-state index in [1.165, 1.54) is 14.2 Å². The van der Waals surface area contributed by atoms with Crippen molar-refractivity contribution in [2.45, 2.75) is 25.5 Å². The zero-order valence-corrected chi connectivity index (χ0v) is 11.4. The first-order chi connectivity index (χ1) is 9.13. The molecule has 0 bridgehead atoms. The maximum Gasteiger partial charge on any atom is 0.328 e. The number of amides is 1. The maximum absolute atomic E-state index is 12.1. The van der Waals surface area contributed by atoms with Crippen molar-refractivity contribution >= 4 is 11.9 Å². The van der Waals surface area contributed by atoms with Crippen molar-refractivity contribution in [3.63, 3.8) is 0 Å². The molecule has 2 atom stereocenters. The molecule has 1 aromatic carbocycles. The number of hydrogen-bond acceptors (Lipinski definition) is 4. The molecule has 0 saturated heterocycles. The summed E-state index contributed by atoms with van der Waals surface area (Å²) >= 11 is 0. The first kappa shape index (κ1) is 15.2. The third-order valence-corrected chi connectivity index (χ3v) is 2.79. The molecule has 104 valence electrons. The summed E-state index contributed by atoms with van der Waals surface area (Å²) in [6, 6.07) is 8.45. The molecule has 0 heterocycles. The van der Waals surface area contributed by atoms with Crippen LogP contribution in [0.4, 0.5) is 0 Å². The smallest absolute Gasteiger partial charge is 0.328 e. The van der Waals surface area contributed by atoms with E-state index in [9.17, 15) is 9.59 Å². The second kappa shape index (κ2) is 7.53. The van der Waals surface area contributed by atoms with Crippen LogP contribution in [0.1, 0.15) is 25.0 Å². The van der Waals surface area contributed by atoms with E-state index in [4.69, 9.17) is 4.74 Å². The molecule has 0 radical (unpaired) electrons. The van der Waals surface area contributed by atoms with Gasteiger partial charge in [0.05, 0.1) is 7.11 Å². The number of esters is 1. The van der Waals surface area contributed by atoms with E-state index in [0.717, 1.165) is 5.56 Å². The molecular formula is C14H19NO4. The summed E-state index contributed by atoms with van der Waals surface area (Å²) in [6.07, 6.45) is -0.274. The van der Waals surface area contributed by atoms with Crippen LogP contribution in [0, 0.1) is 0 Å². The van der Waals surface area contributed by atoms with Gasteiger partial charge in [0.15, 0.2) is 6.10 Å². The lowest BCUT2D eigenvalue weighted by Crippen LogP contribution is -2.43. The Kier molecular flexibility index (Phi) is 6.02. The summed E-state index contributed by atoms with van der Waals surface area (Å²) in [5.41, 5.74) is 0.738. The summed E-state index contributed by atoms with van der Waals surface area (Å²) < 4.78 is 9.82. The lowest BCUT2D eigenvalue weighted by atomic mass is 10.1. The Morgan fingerprint density at radius 1 is 1.21 bits per heavy atom.